The summed E-state index contributed by atoms with van der Waals surface area (Å²) in [6, 6.07) is 32.2. The molecule has 8 rings (SSSR count). The molecule has 0 aliphatic carbocycles. The van der Waals surface area contributed by atoms with Crippen molar-refractivity contribution in [3.8, 4) is 45.6 Å². The molecule has 58 heavy (non-hydrogen) atoms. The third-order valence-corrected chi connectivity index (χ3v) is 12.3. The Morgan fingerprint density at radius 3 is 1.52 bits per heavy atom. The second kappa shape index (κ2) is 15.9. The number of fused-ring (bicyclic) bond motifs is 4. The smallest absolute Gasteiger partial charge is 0.453 e. The van der Waals surface area contributed by atoms with Crippen molar-refractivity contribution in [3.63, 3.8) is 0 Å². The number of benzene rings is 6. The van der Waals surface area contributed by atoms with E-state index in [4.69, 9.17) is 40.9 Å². The number of para-hydroxylation sites is 2. The fraction of sp³-hybridized carbons (Fsp3) is 0.178. The van der Waals surface area contributed by atoms with Gasteiger partial charge < -0.3 is 40.9 Å². The second-order valence-corrected chi connectivity index (χ2v) is 15.9. The van der Waals surface area contributed by atoms with Crippen molar-refractivity contribution in [2.45, 2.75) is 27.7 Å². The third-order valence-electron chi connectivity index (χ3n) is 9.86. The van der Waals surface area contributed by atoms with Gasteiger partial charge in [-0.1, -0.05) is 30.3 Å². The van der Waals surface area contributed by atoms with Crippen LogP contribution in [0.2, 0.25) is 0 Å². The quantitative estimate of drug-likeness (QED) is 0.123. The lowest BCUT2D eigenvalue weighted by molar-refractivity contribution is 0.0735. The molecular weight excluding hydrogens is 776 g/mol. The zero-order chi connectivity index (χ0) is 40.7. The Hall–Kier alpha value is -6.28. The minimum atomic E-state index is -2.13. The van der Waals surface area contributed by atoms with Gasteiger partial charge in [0, 0.05) is 21.9 Å². The first-order valence-corrected chi connectivity index (χ1v) is 20.6. The molecule has 0 amide bonds. The maximum atomic E-state index is 13.5. The standard InChI is InChI=1S/C45H41NO10P2/c1-26-18-31(48-5)22-36(41(26)52-57-46(30-14-10-9-11-15-30)40-17-13-12-16-35(40)45(47)56-57)37-23-32(49-6)19-27(2)42(37)53-58-54-43-28(3)20-33(50-7)24-38(43)39-25-34(51-8)21-29(4)44(39)55-58/h9-25H,1-8H3. The Balaban J connectivity index is 1.33. The van der Waals surface area contributed by atoms with Crippen LogP contribution in [0.3, 0.4) is 0 Å². The van der Waals surface area contributed by atoms with E-state index in [2.05, 4.69) is 0 Å². The van der Waals surface area contributed by atoms with Crippen molar-refractivity contribution < 1.29 is 45.7 Å². The molecule has 0 radical (unpaired) electrons. The summed E-state index contributed by atoms with van der Waals surface area (Å²) in [6.45, 7) is 7.75. The van der Waals surface area contributed by atoms with Crippen LogP contribution in [0, 0.1) is 27.7 Å². The maximum absolute atomic E-state index is 13.5. The summed E-state index contributed by atoms with van der Waals surface area (Å²) < 4.78 is 58.3. The van der Waals surface area contributed by atoms with Crippen LogP contribution in [0.15, 0.2) is 112 Å². The summed E-state index contributed by atoms with van der Waals surface area (Å²) >= 11 is 0. The van der Waals surface area contributed by atoms with Crippen LogP contribution < -0.4 is 32.7 Å². The predicted molar refractivity (Wildman–Crippen MR) is 227 cm³/mol. The number of hydrogen-bond acceptors (Lipinski definition) is 11. The van der Waals surface area contributed by atoms with Crippen molar-refractivity contribution >= 4 is 56.0 Å². The second-order valence-electron chi connectivity index (χ2n) is 13.7. The highest BCUT2D eigenvalue weighted by Gasteiger charge is 2.39. The highest BCUT2D eigenvalue weighted by molar-refractivity contribution is 7.51. The number of rotatable bonds is 10. The van der Waals surface area contributed by atoms with Crippen molar-refractivity contribution in [1.29, 1.82) is 0 Å². The van der Waals surface area contributed by atoms with Crippen LogP contribution >= 0.6 is 16.8 Å². The number of methoxy groups -OCH3 is 4. The summed E-state index contributed by atoms with van der Waals surface area (Å²) in [5.74, 6) is 2.95. The van der Waals surface area contributed by atoms with E-state index in [0.717, 1.165) is 38.7 Å². The van der Waals surface area contributed by atoms with Gasteiger partial charge in [0.15, 0.2) is 0 Å². The van der Waals surface area contributed by atoms with E-state index in [1.54, 1.807) is 34.5 Å². The molecule has 13 heteroatoms. The summed E-state index contributed by atoms with van der Waals surface area (Å²) in [7, 11) is 2.28. The largest absolute Gasteiger partial charge is 0.497 e. The highest BCUT2D eigenvalue weighted by Crippen LogP contribution is 2.58. The summed E-state index contributed by atoms with van der Waals surface area (Å²) in [4.78, 5) is 13.5. The zero-order valence-electron chi connectivity index (χ0n) is 33.2. The Morgan fingerprint density at radius 2 is 0.983 bits per heavy atom. The van der Waals surface area contributed by atoms with Gasteiger partial charge in [0.25, 0.3) is 0 Å². The lowest BCUT2D eigenvalue weighted by Crippen LogP contribution is -2.25. The minimum Gasteiger partial charge on any atom is -0.497 e. The first kappa shape index (κ1) is 38.6. The molecular formula is C45H41NO10P2. The number of hydrogen-bond donors (Lipinski definition) is 0. The van der Waals surface area contributed by atoms with Gasteiger partial charge in [-0.15, -0.1) is 0 Å². The lowest BCUT2D eigenvalue weighted by Gasteiger charge is -2.35. The van der Waals surface area contributed by atoms with Gasteiger partial charge in [0.2, 0.25) is 0 Å². The van der Waals surface area contributed by atoms with E-state index in [9.17, 15) is 4.79 Å². The Morgan fingerprint density at radius 1 is 0.517 bits per heavy atom. The zero-order valence-corrected chi connectivity index (χ0v) is 35.0. The van der Waals surface area contributed by atoms with Crippen LogP contribution in [-0.2, 0) is 4.52 Å². The van der Waals surface area contributed by atoms with E-state index in [-0.39, 0.29) is 0 Å². The molecule has 1 unspecified atom stereocenters. The molecule has 6 aromatic carbocycles. The van der Waals surface area contributed by atoms with Gasteiger partial charge in [0.1, 0.15) is 45.7 Å². The van der Waals surface area contributed by atoms with E-state index in [1.165, 1.54) is 0 Å². The van der Waals surface area contributed by atoms with Gasteiger partial charge >= 0.3 is 22.7 Å². The fourth-order valence-corrected chi connectivity index (χ4v) is 9.82. The molecule has 7 aromatic rings. The van der Waals surface area contributed by atoms with Crippen molar-refractivity contribution in [3.05, 3.63) is 131 Å². The first-order chi connectivity index (χ1) is 28.1. The fourth-order valence-electron chi connectivity index (χ4n) is 7.02. The molecule has 0 saturated carbocycles. The number of carbonyl (C=O) groups excluding carboxylic acids is 1. The van der Waals surface area contributed by atoms with Gasteiger partial charge in [0.05, 0.1) is 45.4 Å². The van der Waals surface area contributed by atoms with Crippen LogP contribution in [0.5, 0.6) is 34.5 Å². The number of carbonyl (C=O) groups is 1. The number of ether oxygens (including phenoxy) is 4. The molecule has 0 saturated heterocycles. The van der Waals surface area contributed by atoms with Crippen molar-refractivity contribution in [1.82, 2.24) is 0 Å². The van der Waals surface area contributed by atoms with Crippen molar-refractivity contribution in [2.75, 3.05) is 33.1 Å². The topological polar surface area (TPSA) is 111 Å². The Labute approximate surface area is 338 Å². The van der Waals surface area contributed by atoms with E-state index in [1.807, 2.05) is 129 Å². The first-order valence-electron chi connectivity index (χ1n) is 18.3. The summed E-state index contributed by atoms with van der Waals surface area (Å²) in [5, 5.41) is 1.56. The average Bonchev–Trinajstić information content (AvgIpc) is 3.39. The van der Waals surface area contributed by atoms with Gasteiger partial charge in [-0.2, -0.15) is 0 Å². The SMILES string of the molecule is COc1cc(C)c(OP2OC(=O)c3ccccc3N2c2ccccc2)c(-c2cc(OC)cc(C)c2Op2oc3c(C)cc(OC)cc3c3cc(OC)cc(C)c3o2)c1. The third kappa shape index (κ3) is 7.12. The monoisotopic (exact) mass is 817 g/mol. The van der Waals surface area contributed by atoms with Crippen LogP contribution in [0.25, 0.3) is 33.1 Å². The predicted octanol–water partition coefficient (Wildman–Crippen LogP) is 12.7. The maximum Gasteiger partial charge on any atom is 0.453 e. The Kier molecular flexibility index (Phi) is 10.6. The number of aryl methyl sites for hydroxylation is 4. The molecule has 1 aliphatic rings. The summed E-state index contributed by atoms with van der Waals surface area (Å²) in [6.07, 6.45) is 0. The van der Waals surface area contributed by atoms with Crippen LogP contribution in [0.1, 0.15) is 32.6 Å². The average molecular weight is 818 g/mol. The molecule has 11 nitrogen and oxygen atoms in total. The number of nitrogens with zero attached hydrogens (tertiary/aromatic N) is 1. The van der Waals surface area contributed by atoms with E-state index in [0.29, 0.717) is 68.0 Å². The molecule has 1 aliphatic heterocycles. The normalized spacial score (nSPS) is 13.5. The molecule has 2 heterocycles. The lowest BCUT2D eigenvalue weighted by atomic mass is 9.98. The van der Waals surface area contributed by atoms with E-state index >= 15 is 0 Å². The molecule has 1 aromatic heterocycles. The minimum absolute atomic E-state index is 0.440. The molecule has 0 N–H and O–H groups in total. The van der Waals surface area contributed by atoms with Gasteiger partial charge in [-0.3, -0.25) is 4.67 Å². The van der Waals surface area contributed by atoms with Gasteiger partial charge in [-0.25, -0.2) is 4.79 Å². The van der Waals surface area contributed by atoms with Crippen LogP contribution in [0.4, 0.5) is 11.4 Å². The Bertz CT molecular complexity index is 2680. The highest BCUT2D eigenvalue weighted by atomic mass is 31.2. The molecule has 0 spiro atoms. The summed E-state index contributed by atoms with van der Waals surface area (Å²) in [5.41, 5.74) is 7.46. The van der Waals surface area contributed by atoms with E-state index < -0.39 is 22.7 Å². The van der Waals surface area contributed by atoms with Crippen LogP contribution in [-0.4, -0.2) is 34.4 Å². The molecule has 0 bridgehead atoms. The van der Waals surface area contributed by atoms with Crippen molar-refractivity contribution in [2.24, 2.45) is 0 Å². The molecule has 296 valence electrons. The molecule has 0 fully saturated rings. The van der Waals surface area contributed by atoms with Gasteiger partial charge in [-0.05, 0) is 123 Å². The molecule has 1 atom stereocenters. The number of anilines is 2.